The molecule has 0 bridgehead atoms. The van der Waals surface area contributed by atoms with Crippen molar-refractivity contribution in [2.75, 3.05) is 0 Å². The average Bonchev–Trinajstić information content (AvgIpc) is 2.74. The molecule has 0 amide bonds. The van der Waals surface area contributed by atoms with Crippen LogP contribution in [0.3, 0.4) is 0 Å². The van der Waals surface area contributed by atoms with E-state index in [2.05, 4.69) is 20.8 Å². The predicted molar refractivity (Wildman–Crippen MR) is 145 cm³/mol. The maximum Gasteiger partial charge on any atom is 0.488 e. The quantitative estimate of drug-likeness (QED) is 0.0724. The Morgan fingerprint density at radius 3 is 0.971 bits per heavy atom. The van der Waals surface area contributed by atoms with Gasteiger partial charge in [-0.15, -0.1) is 0 Å². The van der Waals surface area contributed by atoms with Gasteiger partial charge >= 0.3 is 26.4 Å². The van der Waals surface area contributed by atoms with Crippen molar-refractivity contribution < 1.29 is 32.2 Å². The smallest absolute Gasteiger partial charge is 0.391 e. The zero-order chi connectivity index (χ0) is 25.8. The summed E-state index contributed by atoms with van der Waals surface area (Å²) in [5.74, 6) is 0. The maximum atomic E-state index is 11.2. The van der Waals surface area contributed by atoms with Crippen LogP contribution in [0, 0.1) is 0 Å². The third kappa shape index (κ3) is 20.6. The van der Waals surface area contributed by atoms with E-state index in [-0.39, 0.29) is 18.1 Å². The van der Waals surface area contributed by atoms with Gasteiger partial charge in [-0.1, -0.05) is 117 Å². The summed E-state index contributed by atoms with van der Waals surface area (Å²) in [6.45, 7) is 6.46. The van der Waals surface area contributed by atoms with Gasteiger partial charge in [-0.2, -0.15) is 0 Å². The molecule has 0 saturated carbocycles. The van der Waals surface area contributed by atoms with Gasteiger partial charge in [-0.3, -0.25) is 0 Å². The lowest BCUT2D eigenvalue weighted by molar-refractivity contribution is 0.121. The first kappa shape index (κ1) is 34.4. The fourth-order valence-electron chi connectivity index (χ4n) is 4.14. The molecular formula is C24H56O7Si3. The van der Waals surface area contributed by atoms with Crippen LogP contribution in [-0.2, 0) is 8.23 Å². The molecule has 0 atom stereocenters. The predicted octanol–water partition coefficient (Wildman–Crippen LogP) is 5.88. The van der Waals surface area contributed by atoms with Crippen LogP contribution in [0.5, 0.6) is 0 Å². The molecule has 7 nitrogen and oxygen atoms in total. The highest BCUT2D eigenvalue weighted by Crippen LogP contribution is 2.26. The van der Waals surface area contributed by atoms with Crippen molar-refractivity contribution in [3.63, 3.8) is 0 Å². The van der Waals surface area contributed by atoms with Gasteiger partial charge in [-0.05, 0) is 19.3 Å². The van der Waals surface area contributed by atoms with Crippen molar-refractivity contribution in [1.82, 2.24) is 0 Å². The summed E-state index contributed by atoms with van der Waals surface area (Å²) in [6, 6.07) is 0.312. The summed E-state index contributed by atoms with van der Waals surface area (Å²) in [5, 5.41) is 0. The van der Waals surface area contributed by atoms with Crippen molar-refractivity contribution >= 4 is 26.4 Å². The van der Waals surface area contributed by atoms with Crippen LogP contribution in [0.25, 0.3) is 0 Å². The minimum atomic E-state index is -4.15. The van der Waals surface area contributed by atoms with E-state index >= 15 is 0 Å². The van der Waals surface area contributed by atoms with E-state index in [1.165, 1.54) is 12.8 Å². The molecule has 5 N–H and O–H groups in total. The first-order valence-corrected chi connectivity index (χ1v) is 20.1. The van der Waals surface area contributed by atoms with E-state index in [1.807, 2.05) is 0 Å². The Morgan fingerprint density at radius 1 is 0.382 bits per heavy atom. The first-order chi connectivity index (χ1) is 16.1. The van der Waals surface area contributed by atoms with Crippen molar-refractivity contribution in [2.45, 2.75) is 154 Å². The minimum Gasteiger partial charge on any atom is -0.391 e. The molecule has 0 fully saturated rings. The van der Waals surface area contributed by atoms with Crippen LogP contribution in [0.1, 0.15) is 136 Å². The molecule has 0 aliphatic carbocycles. The van der Waals surface area contributed by atoms with Gasteiger partial charge in [0, 0.05) is 18.1 Å². The van der Waals surface area contributed by atoms with E-state index in [0.29, 0.717) is 19.3 Å². The molecule has 0 unspecified atom stereocenters. The van der Waals surface area contributed by atoms with Crippen LogP contribution in [0.15, 0.2) is 0 Å². The number of hydrogen-bond acceptors (Lipinski definition) is 7. The molecule has 0 heterocycles. The number of hydrogen-bond donors (Lipinski definition) is 5. The second-order valence-corrected chi connectivity index (χ2v) is 17.5. The zero-order valence-corrected chi connectivity index (χ0v) is 25.4. The largest absolute Gasteiger partial charge is 0.488 e. The Bertz CT molecular complexity index is 438. The van der Waals surface area contributed by atoms with Crippen LogP contribution < -0.4 is 0 Å². The van der Waals surface area contributed by atoms with Gasteiger partial charge in [-0.25, -0.2) is 0 Å². The molecule has 0 spiro atoms. The first-order valence-electron chi connectivity index (χ1n) is 14.1. The van der Waals surface area contributed by atoms with Gasteiger partial charge in [0.05, 0.1) is 0 Å². The number of unbranched alkanes of at least 4 members (excludes halogenated alkanes) is 15. The number of rotatable bonds is 25. The van der Waals surface area contributed by atoms with E-state index < -0.39 is 26.4 Å². The Labute approximate surface area is 213 Å². The highest BCUT2D eigenvalue weighted by atomic mass is 28.5. The molecule has 34 heavy (non-hydrogen) atoms. The molecule has 0 aliphatic heterocycles. The monoisotopic (exact) mass is 540 g/mol. The van der Waals surface area contributed by atoms with Crippen LogP contribution >= 0.6 is 0 Å². The topological polar surface area (TPSA) is 120 Å². The summed E-state index contributed by atoms with van der Waals surface area (Å²) in [4.78, 5) is 53.3. The molecule has 0 aliphatic rings. The Balaban J connectivity index is 4.81. The summed E-state index contributed by atoms with van der Waals surface area (Å²) < 4.78 is 11.0. The van der Waals surface area contributed by atoms with E-state index in [0.717, 1.165) is 83.5 Å². The van der Waals surface area contributed by atoms with Crippen molar-refractivity contribution in [3.05, 3.63) is 0 Å². The van der Waals surface area contributed by atoms with E-state index in [4.69, 9.17) is 8.23 Å². The maximum absolute atomic E-state index is 11.2. The highest BCUT2D eigenvalue weighted by Gasteiger charge is 2.52. The van der Waals surface area contributed by atoms with E-state index in [1.54, 1.807) is 0 Å². The molecular weight excluding hydrogens is 485 g/mol. The lowest BCUT2D eigenvalue weighted by Gasteiger charge is -2.33. The van der Waals surface area contributed by atoms with Gasteiger partial charge in [0.25, 0.3) is 0 Å². The van der Waals surface area contributed by atoms with Crippen molar-refractivity contribution in [3.8, 4) is 0 Å². The van der Waals surface area contributed by atoms with Crippen LogP contribution in [-0.4, -0.2) is 50.4 Å². The molecule has 0 saturated heterocycles. The fraction of sp³-hybridized carbons (Fsp3) is 1.00. The fourth-order valence-corrected chi connectivity index (χ4v) is 12.5. The van der Waals surface area contributed by atoms with Crippen molar-refractivity contribution in [2.24, 2.45) is 0 Å². The third-order valence-electron chi connectivity index (χ3n) is 6.20. The Morgan fingerprint density at radius 2 is 0.647 bits per heavy atom. The second-order valence-electron chi connectivity index (χ2n) is 9.96. The molecule has 0 aromatic carbocycles. The second kappa shape index (κ2) is 20.4. The zero-order valence-electron chi connectivity index (χ0n) is 22.4. The summed E-state index contributed by atoms with van der Waals surface area (Å²) in [6.07, 6.45) is 17.9. The van der Waals surface area contributed by atoms with Gasteiger partial charge in [0.15, 0.2) is 0 Å². The van der Waals surface area contributed by atoms with Crippen molar-refractivity contribution in [1.29, 1.82) is 0 Å². The molecule has 10 heteroatoms. The van der Waals surface area contributed by atoms with E-state index in [9.17, 15) is 24.0 Å². The van der Waals surface area contributed by atoms with Gasteiger partial charge in [0.2, 0.25) is 0 Å². The Kier molecular flexibility index (Phi) is 20.7. The standard InChI is InChI=1S/C24H56O7Si3/c1-4-7-10-13-16-19-22-32(25,26)30-34(29,24-21-18-15-12-9-6-3)31-33(27,28)23-20-17-14-11-8-5-2/h25-29H,4-24H2,1-3H3. The summed E-state index contributed by atoms with van der Waals surface area (Å²) in [7, 11) is -12.4. The van der Waals surface area contributed by atoms with Gasteiger partial charge < -0.3 is 32.2 Å². The lowest BCUT2D eigenvalue weighted by Crippen LogP contribution is -2.60. The SMILES string of the molecule is CCCCCCCC[Si](O)(O)O[Si](O)(CCCCCCCC)O[Si](O)(O)CCCCCCCC. The highest BCUT2D eigenvalue weighted by molar-refractivity contribution is 6.78. The summed E-state index contributed by atoms with van der Waals surface area (Å²) in [5.41, 5.74) is 0. The lowest BCUT2D eigenvalue weighted by atomic mass is 10.1. The van der Waals surface area contributed by atoms with Gasteiger partial charge in [0.1, 0.15) is 0 Å². The average molecular weight is 541 g/mol. The summed E-state index contributed by atoms with van der Waals surface area (Å²) >= 11 is 0. The minimum absolute atomic E-state index is 0.0944. The molecule has 0 aromatic rings. The van der Waals surface area contributed by atoms with Crippen LogP contribution in [0.2, 0.25) is 18.1 Å². The molecule has 0 rings (SSSR count). The third-order valence-corrected chi connectivity index (χ3v) is 14.4. The molecule has 206 valence electrons. The Hall–Kier alpha value is 0.371. The normalized spacial score (nSPS) is 13.1. The molecule has 0 aromatic heterocycles. The molecule has 0 radical (unpaired) electrons. The van der Waals surface area contributed by atoms with Crippen LogP contribution in [0.4, 0.5) is 0 Å².